The molecule has 0 saturated carbocycles. The van der Waals surface area contributed by atoms with E-state index in [0.29, 0.717) is 31.7 Å². The molecule has 8 heteroatoms. The van der Waals surface area contributed by atoms with E-state index < -0.39 is 15.8 Å². The first-order valence-electron chi connectivity index (χ1n) is 7.37. The van der Waals surface area contributed by atoms with Gasteiger partial charge in [-0.3, -0.25) is 4.79 Å². The fraction of sp³-hybridized carbons (Fsp3) is 0.533. The summed E-state index contributed by atoms with van der Waals surface area (Å²) in [4.78, 5) is 11.9. The van der Waals surface area contributed by atoms with Gasteiger partial charge in [0.1, 0.15) is 5.82 Å². The summed E-state index contributed by atoms with van der Waals surface area (Å²) in [6, 6.07) is 5.49. The number of nitrogens with one attached hydrogen (secondary N) is 1. The molecule has 0 spiro atoms. The lowest BCUT2D eigenvalue weighted by molar-refractivity contribution is -0.121. The number of hydrogen-bond acceptors (Lipinski definition) is 4. The molecule has 1 aromatic carbocycles. The lowest BCUT2D eigenvalue weighted by atomic mass is 10.2. The second-order valence-electron chi connectivity index (χ2n) is 5.06. The maximum Gasteiger partial charge on any atom is 0.235 e. The highest BCUT2D eigenvalue weighted by Crippen LogP contribution is 2.09. The Balaban J connectivity index is 2.55. The number of amides is 1. The largest absolute Gasteiger partial charge is 0.382 e. The SMILES string of the molecule is CCOCCCNC(=O)CN(Cc1ccc(F)cc1)S(C)(=O)=O. The van der Waals surface area contributed by atoms with Crippen LogP contribution in [0.5, 0.6) is 0 Å². The highest BCUT2D eigenvalue weighted by Gasteiger charge is 2.20. The molecule has 23 heavy (non-hydrogen) atoms. The van der Waals surface area contributed by atoms with Crippen LogP contribution in [0.2, 0.25) is 0 Å². The van der Waals surface area contributed by atoms with Gasteiger partial charge in [0.25, 0.3) is 0 Å². The highest BCUT2D eigenvalue weighted by atomic mass is 32.2. The van der Waals surface area contributed by atoms with Crippen molar-refractivity contribution >= 4 is 15.9 Å². The minimum absolute atomic E-state index is 0.0193. The monoisotopic (exact) mass is 346 g/mol. The van der Waals surface area contributed by atoms with Crippen molar-refractivity contribution in [3.63, 3.8) is 0 Å². The average Bonchev–Trinajstić information content (AvgIpc) is 2.47. The van der Waals surface area contributed by atoms with Gasteiger partial charge in [-0.2, -0.15) is 4.31 Å². The predicted octanol–water partition coefficient (Wildman–Crippen LogP) is 1.13. The fourth-order valence-corrected chi connectivity index (χ4v) is 2.58. The van der Waals surface area contributed by atoms with Crippen molar-refractivity contribution in [2.45, 2.75) is 19.9 Å². The molecule has 1 amide bonds. The van der Waals surface area contributed by atoms with E-state index in [-0.39, 0.29) is 19.0 Å². The third-order valence-electron chi connectivity index (χ3n) is 3.05. The van der Waals surface area contributed by atoms with Gasteiger partial charge in [0.2, 0.25) is 15.9 Å². The van der Waals surface area contributed by atoms with Gasteiger partial charge in [0.05, 0.1) is 12.8 Å². The molecule has 1 rings (SSSR count). The van der Waals surface area contributed by atoms with Crippen LogP contribution in [-0.2, 0) is 26.1 Å². The van der Waals surface area contributed by atoms with E-state index in [9.17, 15) is 17.6 Å². The van der Waals surface area contributed by atoms with Gasteiger partial charge in [-0.1, -0.05) is 12.1 Å². The van der Waals surface area contributed by atoms with Crippen LogP contribution >= 0.6 is 0 Å². The zero-order valence-corrected chi connectivity index (χ0v) is 14.2. The van der Waals surface area contributed by atoms with E-state index in [4.69, 9.17) is 4.74 Å². The number of carbonyl (C=O) groups is 1. The Kier molecular flexibility index (Phi) is 8.15. The van der Waals surface area contributed by atoms with E-state index in [1.54, 1.807) is 0 Å². The zero-order chi connectivity index (χ0) is 17.3. The van der Waals surface area contributed by atoms with Crippen molar-refractivity contribution in [3.8, 4) is 0 Å². The quantitative estimate of drug-likeness (QED) is 0.645. The van der Waals surface area contributed by atoms with Crippen molar-refractivity contribution in [3.05, 3.63) is 35.6 Å². The second-order valence-corrected chi connectivity index (χ2v) is 7.04. The van der Waals surface area contributed by atoms with E-state index in [0.717, 1.165) is 10.6 Å². The summed E-state index contributed by atoms with van der Waals surface area (Å²) >= 11 is 0. The Hall–Kier alpha value is -1.51. The van der Waals surface area contributed by atoms with Gasteiger partial charge in [-0.25, -0.2) is 12.8 Å². The molecule has 1 aromatic rings. The van der Waals surface area contributed by atoms with Gasteiger partial charge >= 0.3 is 0 Å². The molecule has 0 atom stereocenters. The van der Waals surface area contributed by atoms with Crippen LogP contribution in [0.4, 0.5) is 4.39 Å². The molecule has 0 aliphatic carbocycles. The fourth-order valence-electron chi connectivity index (χ4n) is 1.85. The van der Waals surface area contributed by atoms with Gasteiger partial charge in [0, 0.05) is 26.3 Å². The number of nitrogens with zero attached hydrogens (tertiary/aromatic N) is 1. The van der Waals surface area contributed by atoms with Crippen molar-refractivity contribution in [2.75, 3.05) is 32.6 Å². The minimum atomic E-state index is -3.55. The number of sulfonamides is 1. The third-order valence-corrected chi connectivity index (χ3v) is 4.25. The molecule has 0 aliphatic rings. The van der Waals surface area contributed by atoms with Crippen LogP contribution in [0.1, 0.15) is 18.9 Å². The molecule has 0 aliphatic heterocycles. The summed E-state index contributed by atoms with van der Waals surface area (Å²) in [6.07, 6.45) is 1.70. The topological polar surface area (TPSA) is 75.7 Å². The molecule has 6 nitrogen and oxygen atoms in total. The van der Waals surface area contributed by atoms with Gasteiger partial charge < -0.3 is 10.1 Å². The Morgan fingerprint density at radius 1 is 1.30 bits per heavy atom. The van der Waals surface area contributed by atoms with E-state index >= 15 is 0 Å². The molecular formula is C15H23FN2O4S. The van der Waals surface area contributed by atoms with E-state index in [2.05, 4.69) is 5.32 Å². The number of rotatable bonds is 10. The molecule has 0 saturated heterocycles. The smallest absolute Gasteiger partial charge is 0.235 e. The van der Waals surface area contributed by atoms with Crippen molar-refractivity contribution in [1.29, 1.82) is 0 Å². The number of hydrogen-bond donors (Lipinski definition) is 1. The van der Waals surface area contributed by atoms with Gasteiger partial charge in [-0.15, -0.1) is 0 Å². The van der Waals surface area contributed by atoms with E-state index in [1.807, 2.05) is 6.92 Å². The van der Waals surface area contributed by atoms with Crippen LogP contribution in [0.15, 0.2) is 24.3 Å². The molecule has 0 fully saturated rings. The zero-order valence-electron chi connectivity index (χ0n) is 13.4. The average molecular weight is 346 g/mol. The predicted molar refractivity (Wildman–Crippen MR) is 85.8 cm³/mol. The minimum Gasteiger partial charge on any atom is -0.382 e. The third kappa shape index (κ3) is 8.06. The number of benzene rings is 1. The summed E-state index contributed by atoms with van der Waals surface area (Å²) < 4.78 is 42.7. The summed E-state index contributed by atoms with van der Waals surface area (Å²) in [5.74, 6) is -0.777. The Labute approximate surface area is 136 Å². The van der Waals surface area contributed by atoms with Crippen LogP contribution in [0.3, 0.4) is 0 Å². The number of ether oxygens (including phenoxy) is 1. The molecular weight excluding hydrogens is 323 g/mol. The summed E-state index contributed by atoms with van der Waals surface area (Å²) in [5, 5.41) is 2.65. The van der Waals surface area contributed by atoms with Crippen LogP contribution in [-0.4, -0.2) is 51.2 Å². The number of halogens is 1. The Bertz CT molecular complexity index is 590. The molecule has 0 aromatic heterocycles. The van der Waals surface area contributed by atoms with Gasteiger partial charge in [-0.05, 0) is 31.0 Å². The van der Waals surface area contributed by atoms with Crippen molar-refractivity contribution in [1.82, 2.24) is 9.62 Å². The van der Waals surface area contributed by atoms with E-state index in [1.165, 1.54) is 24.3 Å². The van der Waals surface area contributed by atoms with Gasteiger partial charge in [0.15, 0.2) is 0 Å². The summed E-state index contributed by atoms with van der Waals surface area (Å²) in [5.41, 5.74) is 0.612. The van der Waals surface area contributed by atoms with Crippen LogP contribution in [0.25, 0.3) is 0 Å². The van der Waals surface area contributed by atoms with Crippen molar-refractivity contribution < 1.29 is 22.3 Å². The maximum absolute atomic E-state index is 12.9. The molecule has 0 unspecified atom stereocenters. The second kappa shape index (κ2) is 9.59. The Morgan fingerprint density at radius 2 is 1.96 bits per heavy atom. The number of carbonyl (C=O) groups excluding carboxylic acids is 1. The van der Waals surface area contributed by atoms with Crippen LogP contribution in [0, 0.1) is 5.82 Å². The van der Waals surface area contributed by atoms with Crippen LogP contribution < -0.4 is 5.32 Å². The van der Waals surface area contributed by atoms with Crippen molar-refractivity contribution in [2.24, 2.45) is 0 Å². The molecule has 0 radical (unpaired) electrons. The first kappa shape index (κ1) is 19.5. The summed E-state index contributed by atoms with van der Waals surface area (Å²) in [7, 11) is -3.55. The molecule has 1 N–H and O–H groups in total. The lowest BCUT2D eigenvalue weighted by Gasteiger charge is -2.19. The first-order valence-corrected chi connectivity index (χ1v) is 9.21. The Morgan fingerprint density at radius 3 is 2.52 bits per heavy atom. The molecule has 0 heterocycles. The standard InChI is InChI=1S/C15H23FN2O4S/c1-3-22-10-4-9-17-15(19)12-18(23(2,20)21)11-13-5-7-14(16)8-6-13/h5-8H,3-4,9-12H2,1-2H3,(H,17,19). The highest BCUT2D eigenvalue weighted by molar-refractivity contribution is 7.88. The first-order chi connectivity index (χ1) is 10.8. The lowest BCUT2D eigenvalue weighted by Crippen LogP contribution is -2.40. The maximum atomic E-state index is 12.9. The molecule has 0 bridgehead atoms. The molecule has 130 valence electrons. The summed E-state index contributed by atoms with van der Waals surface area (Å²) in [6.45, 7) is 3.22. The normalized spacial score (nSPS) is 11.7.